The molecule has 26 heavy (non-hydrogen) atoms. The summed E-state index contributed by atoms with van der Waals surface area (Å²) < 4.78 is 2.38. The number of aromatic nitrogens is 2. The van der Waals surface area contributed by atoms with Gasteiger partial charge in [-0.2, -0.15) is 0 Å². The number of piperidine rings is 1. The first-order valence-electron chi connectivity index (χ1n) is 10.7. The second kappa shape index (κ2) is 8.12. The first-order valence-corrected chi connectivity index (χ1v) is 10.7. The monoisotopic (exact) mass is 358 g/mol. The Labute approximate surface area is 157 Å². The van der Waals surface area contributed by atoms with Gasteiger partial charge >= 0.3 is 0 Å². The normalized spacial score (nSPS) is 25.3. The highest BCUT2D eigenvalue weighted by Gasteiger charge is 2.29. The molecule has 1 atom stereocenters. The van der Waals surface area contributed by atoms with Crippen molar-refractivity contribution in [1.29, 1.82) is 0 Å². The van der Waals surface area contributed by atoms with Gasteiger partial charge in [0.05, 0.1) is 6.54 Å². The Bertz CT molecular complexity index is 603. The van der Waals surface area contributed by atoms with E-state index in [4.69, 9.17) is 0 Å². The maximum absolute atomic E-state index is 12.8. The third-order valence-electron chi connectivity index (χ3n) is 6.64. The van der Waals surface area contributed by atoms with Crippen molar-refractivity contribution >= 4 is 5.91 Å². The van der Waals surface area contributed by atoms with Gasteiger partial charge in [-0.3, -0.25) is 9.69 Å². The van der Waals surface area contributed by atoms with Gasteiger partial charge in [0.25, 0.3) is 0 Å². The lowest BCUT2D eigenvalue weighted by Crippen LogP contribution is -2.46. The van der Waals surface area contributed by atoms with Gasteiger partial charge in [0, 0.05) is 44.5 Å². The van der Waals surface area contributed by atoms with Crippen molar-refractivity contribution in [2.45, 2.75) is 76.3 Å². The fourth-order valence-corrected chi connectivity index (χ4v) is 4.80. The maximum Gasteiger partial charge on any atom is 0.236 e. The van der Waals surface area contributed by atoms with Crippen LogP contribution in [0.15, 0.2) is 12.4 Å². The number of carbonyl (C=O) groups excluding carboxylic acids is 1. The van der Waals surface area contributed by atoms with E-state index in [1.54, 1.807) is 0 Å². The number of imidazole rings is 1. The number of hydrogen-bond donors (Lipinski definition) is 0. The summed E-state index contributed by atoms with van der Waals surface area (Å²) in [4.78, 5) is 21.9. The fourth-order valence-electron chi connectivity index (χ4n) is 4.80. The number of carbonyl (C=O) groups is 1. The Morgan fingerprint density at radius 3 is 2.73 bits per heavy atom. The van der Waals surface area contributed by atoms with E-state index in [9.17, 15) is 4.79 Å². The van der Waals surface area contributed by atoms with Crippen LogP contribution in [0, 0.1) is 5.92 Å². The van der Waals surface area contributed by atoms with Crippen LogP contribution < -0.4 is 0 Å². The lowest BCUT2D eigenvalue weighted by Gasteiger charge is -2.36. The molecule has 1 aliphatic heterocycles. The zero-order valence-corrected chi connectivity index (χ0v) is 16.3. The zero-order valence-electron chi connectivity index (χ0n) is 16.3. The summed E-state index contributed by atoms with van der Waals surface area (Å²) in [6, 6.07) is 0.467. The molecule has 2 aliphatic carbocycles. The van der Waals surface area contributed by atoms with Crippen LogP contribution in [-0.4, -0.2) is 58.0 Å². The van der Waals surface area contributed by atoms with Gasteiger partial charge in [-0.15, -0.1) is 0 Å². The van der Waals surface area contributed by atoms with Crippen molar-refractivity contribution < 1.29 is 4.79 Å². The Morgan fingerprint density at radius 2 is 1.96 bits per heavy atom. The van der Waals surface area contributed by atoms with Crippen LogP contribution in [0.3, 0.4) is 0 Å². The predicted octanol–water partition coefficient (Wildman–Crippen LogP) is 3.26. The van der Waals surface area contributed by atoms with E-state index in [1.807, 2.05) is 18.1 Å². The number of nitrogens with zero attached hydrogens (tertiary/aromatic N) is 4. The highest BCUT2D eigenvalue weighted by atomic mass is 16.2. The van der Waals surface area contributed by atoms with E-state index in [0.717, 1.165) is 25.6 Å². The summed E-state index contributed by atoms with van der Waals surface area (Å²) >= 11 is 0. The largest absolute Gasteiger partial charge is 0.342 e. The minimum absolute atomic E-state index is 0.305. The molecule has 1 amide bonds. The van der Waals surface area contributed by atoms with E-state index in [-0.39, 0.29) is 0 Å². The van der Waals surface area contributed by atoms with E-state index in [0.29, 0.717) is 24.4 Å². The number of hydrogen-bond acceptors (Lipinski definition) is 3. The third kappa shape index (κ3) is 4.30. The van der Waals surface area contributed by atoms with Crippen molar-refractivity contribution in [3.8, 4) is 0 Å². The average molecular weight is 359 g/mol. The predicted molar refractivity (Wildman–Crippen MR) is 103 cm³/mol. The number of likely N-dealkylation sites (tertiary alicyclic amines) is 1. The molecule has 1 aromatic heterocycles. The summed E-state index contributed by atoms with van der Waals surface area (Å²) in [5.74, 6) is 2.90. The summed E-state index contributed by atoms with van der Waals surface area (Å²) in [7, 11) is 2.02. The summed E-state index contributed by atoms with van der Waals surface area (Å²) in [6.07, 6.45) is 15.5. The molecule has 3 aliphatic rings. The topological polar surface area (TPSA) is 41.4 Å². The van der Waals surface area contributed by atoms with E-state index >= 15 is 0 Å². The second-order valence-electron chi connectivity index (χ2n) is 8.75. The molecule has 2 heterocycles. The highest BCUT2D eigenvalue weighted by Crippen LogP contribution is 2.33. The summed E-state index contributed by atoms with van der Waals surface area (Å²) in [6.45, 7) is 3.73. The van der Waals surface area contributed by atoms with Gasteiger partial charge in [-0.05, 0) is 51.0 Å². The van der Waals surface area contributed by atoms with Crippen molar-refractivity contribution in [1.82, 2.24) is 19.4 Å². The Balaban J connectivity index is 1.33. The molecule has 0 bridgehead atoms. The smallest absolute Gasteiger partial charge is 0.236 e. The Kier molecular flexibility index (Phi) is 5.63. The SMILES string of the molecule is CN(C(=O)CN1CCC[C@H](c2nccn2CC2CC2)C1)C1CCCCC1. The minimum Gasteiger partial charge on any atom is -0.342 e. The second-order valence-corrected chi connectivity index (χ2v) is 8.75. The maximum atomic E-state index is 12.8. The Morgan fingerprint density at radius 1 is 1.15 bits per heavy atom. The van der Waals surface area contributed by atoms with E-state index in [1.165, 1.54) is 63.6 Å². The third-order valence-corrected chi connectivity index (χ3v) is 6.64. The van der Waals surface area contributed by atoms with Crippen LogP contribution in [0.4, 0.5) is 0 Å². The van der Waals surface area contributed by atoms with Gasteiger partial charge in [0.15, 0.2) is 0 Å². The number of likely N-dealkylation sites (N-methyl/N-ethyl adjacent to an activating group) is 1. The number of amides is 1. The first-order chi connectivity index (χ1) is 12.7. The molecule has 1 saturated heterocycles. The van der Waals surface area contributed by atoms with Crippen molar-refractivity contribution in [3.05, 3.63) is 18.2 Å². The standard InChI is InChI=1S/C21H34N4O/c1-23(19-7-3-2-4-8-19)20(26)16-24-12-5-6-18(15-24)21-22-11-13-25(21)14-17-9-10-17/h11,13,17-19H,2-10,12,14-16H2,1H3/t18-/m0/s1. The molecule has 4 rings (SSSR count). The highest BCUT2D eigenvalue weighted by molar-refractivity contribution is 5.78. The molecule has 1 aromatic rings. The van der Waals surface area contributed by atoms with Crippen LogP contribution in [0.1, 0.15) is 69.5 Å². The Hall–Kier alpha value is -1.36. The first kappa shape index (κ1) is 18.0. The molecular formula is C21H34N4O. The molecule has 5 nitrogen and oxygen atoms in total. The van der Waals surface area contributed by atoms with Crippen LogP contribution in [-0.2, 0) is 11.3 Å². The molecular weight excluding hydrogens is 324 g/mol. The molecule has 5 heteroatoms. The minimum atomic E-state index is 0.305. The van der Waals surface area contributed by atoms with Gasteiger partial charge in [0.1, 0.15) is 5.82 Å². The lowest BCUT2D eigenvalue weighted by molar-refractivity contribution is -0.134. The molecule has 144 valence electrons. The van der Waals surface area contributed by atoms with Gasteiger partial charge in [-0.25, -0.2) is 4.98 Å². The van der Waals surface area contributed by atoms with Crippen LogP contribution in [0.2, 0.25) is 0 Å². The average Bonchev–Trinajstić information content (AvgIpc) is 3.37. The quantitative estimate of drug-likeness (QED) is 0.784. The van der Waals surface area contributed by atoms with E-state index in [2.05, 4.69) is 20.6 Å². The zero-order chi connectivity index (χ0) is 17.9. The molecule has 0 N–H and O–H groups in total. The van der Waals surface area contributed by atoms with Crippen LogP contribution in [0.5, 0.6) is 0 Å². The van der Waals surface area contributed by atoms with Crippen LogP contribution in [0.25, 0.3) is 0 Å². The van der Waals surface area contributed by atoms with Gasteiger partial charge in [-0.1, -0.05) is 19.3 Å². The van der Waals surface area contributed by atoms with E-state index < -0.39 is 0 Å². The molecule has 0 unspecified atom stereocenters. The molecule has 0 spiro atoms. The molecule has 3 fully saturated rings. The van der Waals surface area contributed by atoms with Crippen molar-refractivity contribution in [3.63, 3.8) is 0 Å². The van der Waals surface area contributed by atoms with Gasteiger partial charge < -0.3 is 9.47 Å². The number of rotatable bonds is 6. The summed E-state index contributed by atoms with van der Waals surface area (Å²) in [5.41, 5.74) is 0. The van der Waals surface area contributed by atoms with Crippen molar-refractivity contribution in [2.75, 3.05) is 26.7 Å². The van der Waals surface area contributed by atoms with Crippen molar-refractivity contribution in [2.24, 2.45) is 5.92 Å². The lowest BCUT2D eigenvalue weighted by atomic mass is 9.94. The fraction of sp³-hybridized carbons (Fsp3) is 0.810. The molecule has 0 radical (unpaired) electrons. The molecule has 0 aromatic carbocycles. The summed E-state index contributed by atoms with van der Waals surface area (Å²) in [5, 5.41) is 0. The van der Waals surface area contributed by atoms with Crippen LogP contribution >= 0.6 is 0 Å². The molecule has 2 saturated carbocycles. The van der Waals surface area contributed by atoms with Gasteiger partial charge in [0.2, 0.25) is 5.91 Å².